The Labute approximate surface area is 203 Å². The van der Waals surface area contributed by atoms with Crippen molar-refractivity contribution in [2.45, 2.75) is 20.5 Å². The molecule has 0 atom stereocenters. The molecule has 5 nitrogen and oxygen atoms in total. The van der Waals surface area contributed by atoms with Crippen LogP contribution in [-0.4, -0.2) is 0 Å². The molecule has 0 spiro atoms. The molecule has 174 valence electrons. The summed E-state index contributed by atoms with van der Waals surface area (Å²) in [6, 6.07) is 28.4. The van der Waals surface area contributed by atoms with Crippen LogP contribution in [0.25, 0.3) is 11.0 Å². The van der Waals surface area contributed by atoms with Crippen LogP contribution in [0.1, 0.15) is 16.7 Å². The maximum Gasteiger partial charge on any atom is 0.235 e. The van der Waals surface area contributed by atoms with Crippen LogP contribution in [0.5, 0.6) is 28.7 Å². The summed E-state index contributed by atoms with van der Waals surface area (Å²) >= 11 is 0. The van der Waals surface area contributed by atoms with E-state index in [9.17, 15) is 4.79 Å². The molecule has 0 N–H and O–H groups in total. The minimum absolute atomic E-state index is 0.148. The Hall–Kier alpha value is -4.51. The molecule has 0 aliphatic heterocycles. The molecule has 5 rings (SSSR count). The number of aryl methyl sites for hydroxylation is 2. The molecule has 1 heterocycles. The molecule has 0 radical (unpaired) electrons. The number of ether oxygens (including phenoxy) is 3. The van der Waals surface area contributed by atoms with Crippen LogP contribution in [0.3, 0.4) is 0 Å². The predicted molar refractivity (Wildman–Crippen MR) is 136 cm³/mol. The lowest BCUT2D eigenvalue weighted by molar-refractivity contribution is 0.305. The van der Waals surface area contributed by atoms with Crippen molar-refractivity contribution in [2.24, 2.45) is 0 Å². The van der Waals surface area contributed by atoms with Crippen molar-refractivity contribution >= 4 is 11.0 Å². The molecule has 1 aromatic heterocycles. The first kappa shape index (κ1) is 22.3. The van der Waals surface area contributed by atoms with E-state index in [-0.39, 0.29) is 11.2 Å². The molecule has 0 saturated carbocycles. The molecular weight excluding hydrogens is 440 g/mol. The summed E-state index contributed by atoms with van der Waals surface area (Å²) in [7, 11) is 0. The molecule has 4 aromatic carbocycles. The van der Waals surface area contributed by atoms with Crippen molar-refractivity contribution in [1.29, 1.82) is 0 Å². The number of hydrogen-bond acceptors (Lipinski definition) is 5. The van der Waals surface area contributed by atoms with Crippen molar-refractivity contribution < 1.29 is 18.6 Å². The largest absolute Gasteiger partial charge is 0.489 e. The summed E-state index contributed by atoms with van der Waals surface area (Å²) < 4.78 is 23.4. The zero-order valence-electron chi connectivity index (χ0n) is 19.5. The first-order valence-corrected chi connectivity index (χ1v) is 11.3. The van der Waals surface area contributed by atoms with Gasteiger partial charge in [0.15, 0.2) is 0 Å². The van der Waals surface area contributed by atoms with E-state index in [4.69, 9.17) is 18.6 Å². The van der Waals surface area contributed by atoms with Crippen LogP contribution in [0.15, 0.2) is 106 Å². The van der Waals surface area contributed by atoms with Gasteiger partial charge in [-0.2, -0.15) is 0 Å². The average molecular weight is 465 g/mol. The zero-order valence-corrected chi connectivity index (χ0v) is 19.5. The monoisotopic (exact) mass is 464 g/mol. The quantitative estimate of drug-likeness (QED) is 0.249. The molecule has 5 aromatic rings. The van der Waals surface area contributed by atoms with Gasteiger partial charge in [-0.3, -0.25) is 4.79 Å². The molecule has 0 aliphatic rings. The maximum absolute atomic E-state index is 13.0. The first-order chi connectivity index (χ1) is 17.0. The lowest BCUT2D eigenvalue weighted by Crippen LogP contribution is -2.05. The van der Waals surface area contributed by atoms with Crippen molar-refractivity contribution in [2.75, 3.05) is 0 Å². The van der Waals surface area contributed by atoms with E-state index in [1.807, 2.05) is 86.6 Å². The van der Waals surface area contributed by atoms with Crippen molar-refractivity contribution in [1.82, 2.24) is 0 Å². The van der Waals surface area contributed by atoms with Crippen molar-refractivity contribution in [3.8, 4) is 28.7 Å². The van der Waals surface area contributed by atoms with Gasteiger partial charge < -0.3 is 18.6 Å². The molecule has 0 fully saturated rings. The highest BCUT2D eigenvalue weighted by atomic mass is 16.5. The average Bonchev–Trinajstić information content (AvgIpc) is 2.87. The van der Waals surface area contributed by atoms with Gasteiger partial charge in [0.05, 0.1) is 5.39 Å². The molecule has 0 amide bonds. The Morgan fingerprint density at radius 3 is 2.40 bits per heavy atom. The third-order valence-electron chi connectivity index (χ3n) is 5.56. The van der Waals surface area contributed by atoms with E-state index < -0.39 is 0 Å². The number of benzene rings is 4. The molecular formula is C30H24O5. The molecule has 35 heavy (non-hydrogen) atoms. The normalized spacial score (nSPS) is 10.8. The fourth-order valence-electron chi connectivity index (χ4n) is 3.68. The third kappa shape index (κ3) is 5.20. The molecule has 0 bridgehead atoms. The number of hydrogen-bond donors (Lipinski definition) is 0. The number of fused-ring (bicyclic) bond motifs is 1. The topological polar surface area (TPSA) is 57.9 Å². The lowest BCUT2D eigenvalue weighted by atomic mass is 10.1. The van der Waals surface area contributed by atoms with Crippen LogP contribution in [0.4, 0.5) is 0 Å². The third-order valence-corrected chi connectivity index (χ3v) is 5.56. The second-order valence-corrected chi connectivity index (χ2v) is 8.31. The Balaban J connectivity index is 1.30. The van der Waals surface area contributed by atoms with Crippen LogP contribution in [0, 0.1) is 13.8 Å². The van der Waals surface area contributed by atoms with Gasteiger partial charge >= 0.3 is 0 Å². The van der Waals surface area contributed by atoms with Crippen LogP contribution >= 0.6 is 0 Å². The van der Waals surface area contributed by atoms with Gasteiger partial charge in [-0.1, -0.05) is 42.5 Å². The van der Waals surface area contributed by atoms with Crippen LogP contribution in [-0.2, 0) is 6.61 Å². The fraction of sp³-hybridized carbons (Fsp3) is 0.100. The summed E-state index contributed by atoms with van der Waals surface area (Å²) in [6.45, 7) is 4.25. The summed E-state index contributed by atoms with van der Waals surface area (Å²) in [5.74, 6) is 2.89. The summed E-state index contributed by atoms with van der Waals surface area (Å²) in [4.78, 5) is 13.0. The standard InChI is InChI=1S/C30H24O5/c1-20-11-12-21(2)27(15-20)35-29-19-33-28-17-24(13-14-26(28)30(29)31)32-18-22-7-6-10-25(16-22)34-23-8-4-3-5-9-23/h3-17,19H,18H2,1-2H3. The Morgan fingerprint density at radius 2 is 1.54 bits per heavy atom. The van der Waals surface area contributed by atoms with Crippen LogP contribution in [0.2, 0.25) is 0 Å². The predicted octanol–water partition coefficient (Wildman–Crippen LogP) is 7.57. The maximum atomic E-state index is 13.0. The summed E-state index contributed by atoms with van der Waals surface area (Å²) in [5.41, 5.74) is 3.15. The van der Waals surface area contributed by atoms with Crippen molar-refractivity contribution in [3.05, 3.63) is 124 Å². The molecule has 5 heteroatoms. The molecule has 0 unspecified atom stereocenters. The minimum Gasteiger partial charge on any atom is -0.489 e. The highest BCUT2D eigenvalue weighted by Gasteiger charge is 2.12. The molecule has 0 saturated heterocycles. The summed E-state index contributed by atoms with van der Waals surface area (Å²) in [5, 5.41) is 0.429. The summed E-state index contributed by atoms with van der Waals surface area (Å²) in [6.07, 6.45) is 1.35. The van der Waals surface area contributed by atoms with Gasteiger partial charge in [-0.15, -0.1) is 0 Å². The van der Waals surface area contributed by atoms with Crippen molar-refractivity contribution in [3.63, 3.8) is 0 Å². The molecule has 0 aliphatic carbocycles. The number of rotatable bonds is 7. The second kappa shape index (κ2) is 9.77. The number of para-hydroxylation sites is 1. The van der Waals surface area contributed by atoms with Gasteiger partial charge in [0, 0.05) is 6.07 Å². The van der Waals surface area contributed by atoms with E-state index >= 15 is 0 Å². The van der Waals surface area contributed by atoms with Gasteiger partial charge in [-0.25, -0.2) is 0 Å². The van der Waals surface area contributed by atoms with E-state index in [0.717, 1.165) is 28.2 Å². The van der Waals surface area contributed by atoms with Gasteiger partial charge in [0.2, 0.25) is 11.2 Å². The van der Waals surface area contributed by atoms with E-state index in [2.05, 4.69) is 0 Å². The Kier molecular flexibility index (Phi) is 6.22. The van der Waals surface area contributed by atoms with E-state index in [1.54, 1.807) is 18.2 Å². The van der Waals surface area contributed by atoms with Gasteiger partial charge in [0.1, 0.15) is 41.5 Å². The highest BCUT2D eigenvalue weighted by molar-refractivity contribution is 5.79. The van der Waals surface area contributed by atoms with E-state index in [1.165, 1.54) is 6.26 Å². The first-order valence-electron chi connectivity index (χ1n) is 11.3. The smallest absolute Gasteiger partial charge is 0.235 e. The zero-order chi connectivity index (χ0) is 24.2. The van der Waals surface area contributed by atoms with Gasteiger partial charge in [0.25, 0.3) is 0 Å². The minimum atomic E-state index is -0.232. The van der Waals surface area contributed by atoms with Crippen LogP contribution < -0.4 is 19.6 Å². The highest BCUT2D eigenvalue weighted by Crippen LogP contribution is 2.27. The lowest BCUT2D eigenvalue weighted by Gasteiger charge is -2.11. The fourth-order valence-corrected chi connectivity index (χ4v) is 3.68. The Bertz CT molecular complexity index is 1540. The Morgan fingerprint density at radius 1 is 0.714 bits per heavy atom. The van der Waals surface area contributed by atoms with E-state index in [0.29, 0.717) is 29.1 Å². The SMILES string of the molecule is Cc1ccc(C)c(Oc2coc3cc(OCc4cccc(Oc5ccccc5)c4)ccc3c2=O)c1. The van der Waals surface area contributed by atoms with Gasteiger partial charge in [-0.05, 0) is 73.0 Å². The second-order valence-electron chi connectivity index (χ2n) is 8.31.